The van der Waals surface area contributed by atoms with Gasteiger partial charge < -0.3 is 5.32 Å². The van der Waals surface area contributed by atoms with Crippen molar-refractivity contribution in [2.45, 2.75) is 38.8 Å². The maximum Gasteiger partial charge on any atom is 0.268 e. The molecule has 0 spiro atoms. The summed E-state index contributed by atoms with van der Waals surface area (Å²) in [6, 6.07) is 3.69. The van der Waals surface area contributed by atoms with E-state index in [-0.39, 0.29) is 11.1 Å². The van der Waals surface area contributed by atoms with Gasteiger partial charge in [0.15, 0.2) is 10.8 Å². The highest BCUT2D eigenvalue weighted by molar-refractivity contribution is 7.77. The van der Waals surface area contributed by atoms with Gasteiger partial charge in [0.05, 0.1) is 12.7 Å². The predicted molar refractivity (Wildman–Crippen MR) is 92.1 cm³/mol. The van der Waals surface area contributed by atoms with Gasteiger partial charge in [-0.2, -0.15) is 0 Å². The summed E-state index contributed by atoms with van der Waals surface area (Å²) in [5.74, 6) is 0.185. The first-order valence-electron chi connectivity index (χ1n) is 7.40. The number of anilines is 1. The molecule has 2 rings (SSSR count). The third-order valence-corrected chi connectivity index (χ3v) is 9.53. The molecule has 21 heavy (non-hydrogen) atoms. The van der Waals surface area contributed by atoms with E-state index >= 15 is 0 Å². The zero-order valence-corrected chi connectivity index (χ0v) is 14.5. The molecule has 3 nitrogen and oxygen atoms in total. The van der Waals surface area contributed by atoms with Gasteiger partial charge in [0.2, 0.25) is 0 Å². The Labute approximate surface area is 128 Å². The fraction of sp³-hybridized carbons (Fsp3) is 0.529. The predicted octanol–water partition coefficient (Wildman–Crippen LogP) is 4.62. The quantitative estimate of drug-likeness (QED) is 0.639. The standard InChI is InChI=1S/C17H23N2OP/c1-7-21(5,6)17(8-9-17)16(20)19-15-12(2)10-14(18-4)11-13(15)3/h10-11H,7-9H2,1-3,5-6H3/p+1. The van der Waals surface area contributed by atoms with Crippen LogP contribution in [0.4, 0.5) is 11.4 Å². The lowest BCUT2D eigenvalue weighted by atomic mass is 10.1. The van der Waals surface area contributed by atoms with Crippen molar-refractivity contribution < 1.29 is 4.79 Å². The SMILES string of the molecule is [C-]#[N+]c1cc(C)c(NC(=O)C2([P+](C)(C)CC)CC2)c(C)c1. The Balaban J connectivity index is 2.28. The van der Waals surface area contributed by atoms with Gasteiger partial charge in [-0.1, -0.05) is 12.1 Å². The van der Waals surface area contributed by atoms with Gasteiger partial charge in [0, 0.05) is 39.1 Å². The van der Waals surface area contributed by atoms with Crippen molar-refractivity contribution in [3.05, 3.63) is 34.7 Å². The van der Waals surface area contributed by atoms with E-state index in [2.05, 4.69) is 30.4 Å². The number of nitrogens with zero attached hydrogens (tertiary/aromatic N) is 1. The molecule has 1 aromatic rings. The van der Waals surface area contributed by atoms with Gasteiger partial charge in [-0.3, -0.25) is 4.79 Å². The maximum absolute atomic E-state index is 12.8. The number of carbonyl (C=O) groups excluding carboxylic acids is 1. The van der Waals surface area contributed by atoms with Gasteiger partial charge in [-0.05, 0) is 31.9 Å². The molecule has 1 amide bonds. The monoisotopic (exact) mass is 303 g/mol. The molecule has 1 fully saturated rings. The highest BCUT2D eigenvalue weighted by Crippen LogP contribution is 2.73. The zero-order valence-electron chi connectivity index (χ0n) is 13.6. The van der Waals surface area contributed by atoms with Gasteiger partial charge in [0.25, 0.3) is 5.91 Å². The van der Waals surface area contributed by atoms with Crippen LogP contribution < -0.4 is 5.32 Å². The van der Waals surface area contributed by atoms with Crippen LogP contribution in [-0.2, 0) is 4.79 Å². The summed E-state index contributed by atoms with van der Waals surface area (Å²) in [6.45, 7) is 17.8. The van der Waals surface area contributed by atoms with Gasteiger partial charge in [-0.15, -0.1) is 0 Å². The molecule has 0 saturated heterocycles. The Morgan fingerprint density at radius 3 is 2.24 bits per heavy atom. The van der Waals surface area contributed by atoms with E-state index in [0.29, 0.717) is 5.69 Å². The number of aryl methyl sites for hydroxylation is 2. The summed E-state index contributed by atoms with van der Waals surface area (Å²) in [6.07, 6.45) is 3.15. The molecule has 1 saturated carbocycles. The molecule has 1 aliphatic rings. The first kappa shape index (κ1) is 16.0. The molecule has 0 aromatic heterocycles. The van der Waals surface area contributed by atoms with Crippen LogP contribution in [0.2, 0.25) is 0 Å². The summed E-state index contributed by atoms with van der Waals surface area (Å²) in [4.78, 5) is 16.3. The lowest BCUT2D eigenvalue weighted by molar-refractivity contribution is -0.116. The highest BCUT2D eigenvalue weighted by atomic mass is 31.2. The van der Waals surface area contributed by atoms with Crippen molar-refractivity contribution in [1.82, 2.24) is 0 Å². The molecule has 112 valence electrons. The third-order valence-electron chi connectivity index (χ3n) is 4.98. The summed E-state index contributed by atoms with van der Waals surface area (Å²) < 4.78 is 0. The second-order valence-electron chi connectivity index (χ2n) is 6.55. The van der Waals surface area contributed by atoms with Crippen LogP contribution in [0.1, 0.15) is 30.9 Å². The Morgan fingerprint density at radius 2 is 1.86 bits per heavy atom. The van der Waals surface area contributed by atoms with Crippen LogP contribution in [0.15, 0.2) is 12.1 Å². The van der Waals surface area contributed by atoms with Gasteiger partial charge in [-0.25, -0.2) is 4.85 Å². The summed E-state index contributed by atoms with van der Waals surface area (Å²) >= 11 is 0. The van der Waals surface area contributed by atoms with Crippen LogP contribution in [0, 0.1) is 20.4 Å². The van der Waals surface area contributed by atoms with Crippen molar-refractivity contribution in [1.29, 1.82) is 0 Å². The average molecular weight is 303 g/mol. The van der Waals surface area contributed by atoms with E-state index in [9.17, 15) is 4.79 Å². The minimum atomic E-state index is -1.21. The molecular formula is C17H24N2OP+. The molecule has 0 heterocycles. The Bertz CT molecular complexity index is 601. The van der Waals surface area contributed by atoms with E-state index in [4.69, 9.17) is 6.57 Å². The first-order chi connectivity index (χ1) is 9.77. The maximum atomic E-state index is 12.8. The molecule has 1 aliphatic carbocycles. The minimum absolute atomic E-state index is 0.112. The number of carbonyl (C=O) groups is 1. The largest absolute Gasteiger partial charge is 0.322 e. The van der Waals surface area contributed by atoms with E-state index in [1.807, 2.05) is 26.0 Å². The smallest absolute Gasteiger partial charge is 0.268 e. The highest BCUT2D eigenvalue weighted by Gasteiger charge is 2.65. The van der Waals surface area contributed by atoms with Gasteiger partial charge >= 0.3 is 0 Å². The van der Waals surface area contributed by atoms with Crippen LogP contribution in [0.3, 0.4) is 0 Å². The fourth-order valence-electron chi connectivity index (χ4n) is 2.96. The van der Waals surface area contributed by atoms with E-state index in [1.54, 1.807) is 0 Å². The molecule has 0 unspecified atom stereocenters. The normalized spacial score (nSPS) is 16.2. The second kappa shape index (κ2) is 5.43. The number of hydrogen-bond donors (Lipinski definition) is 1. The summed E-state index contributed by atoms with van der Waals surface area (Å²) in [5.41, 5.74) is 3.45. The summed E-state index contributed by atoms with van der Waals surface area (Å²) in [5, 5.41) is 3.05. The number of rotatable bonds is 4. The van der Waals surface area contributed by atoms with E-state index in [1.165, 1.54) is 0 Å². The Hall–Kier alpha value is -1.39. The van der Waals surface area contributed by atoms with E-state index in [0.717, 1.165) is 35.8 Å². The first-order valence-corrected chi connectivity index (χ1v) is 10.3. The van der Waals surface area contributed by atoms with E-state index < -0.39 is 7.26 Å². The van der Waals surface area contributed by atoms with Crippen molar-refractivity contribution in [3.63, 3.8) is 0 Å². The van der Waals surface area contributed by atoms with Crippen molar-refractivity contribution in [2.75, 3.05) is 24.8 Å². The molecule has 0 aliphatic heterocycles. The second-order valence-corrected chi connectivity index (χ2v) is 11.4. The number of amides is 1. The van der Waals surface area contributed by atoms with Crippen molar-refractivity contribution in [2.24, 2.45) is 0 Å². The third kappa shape index (κ3) is 2.70. The zero-order chi connectivity index (χ0) is 15.8. The van der Waals surface area contributed by atoms with Crippen LogP contribution >= 0.6 is 7.26 Å². The molecular weight excluding hydrogens is 279 g/mol. The molecule has 1 aromatic carbocycles. The summed E-state index contributed by atoms with van der Waals surface area (Å²) in [7, 11) is -1.21. The molecule has 4 heteroatoms. The molecule has 0 bridgehead atoms. The lowest BCUT2D eigenvalue weighted by Crippen LogP contribution is -2.33. The number of nitrogens with one attached hydrogen (secondary N) is 1. The van der Waals surface area contributed by atoms with Crippen molar-refractivity contribution >= 4 is 24.5 Å². The van der Waals surface area contributed by atoms with Crippen LogP contribution in [0.25, 0.3) is 4.85 Å². The molecule has 1 N–H and O–H groups in total. The Kier molecular flexibility index (Phi) is 4.13. The number of hydrogen-bond acceptors (Lipinski definition) is 1. The average Bonchev–Trinajstić information content (AvgIpc) is 3.24. The number of benzene rings is 1. The minimum Gasteiger partial charge on any atom is -0.322 e. The fourth-order valence-corrected chi connectivity index (χ4v) is 5.49. The molecule has 0 radical (unpaired) electrons. The van der Waals surface area contributed by atoms with Gasteiger partial charge in [0.1, 0.15) is 0 Å². The van der Waals surface area contributed by atoms with Crippen molar-refractivity contribution in [3.8, 4) is 0 Å². The Morgan fingerprint density at radius 1 is 1.33 bits per heavy atom. The van der Waals surface area contributed by atoms with Crippen LogP contribution in [0.5, 0.6) is 0 Å². The lowest BCUT2D eigenvalue weighted by Gasteiger charge is -2.27. The molecule has 0 atom stereocenters. The topological polar surface area (TPSA) is 33.5 Å². The van der Waals surface area contributed by atoms with Crippen LogP contribution in [-0.4, -0.2) is 30.6 Å².